The minimum Gasteiger partial charge on any atom is -0.444 e. The van der Waals surface area contributed by atoms with Crippen molar-refractivity contribution in [2.75, 3.05) is 18.4 Å². The Kier molecular flexibility index (Phi) is 8.28. The summed E-state index contributed by atoms with van der Waals surface area (Å²) in [5.41, 5.74) is -0.638. The van der Waals surface area contributed by atoms with Gasteiger partial charge in [-0.25, -0.2) is 9.78 Å². The fourth-order valence-corrected chi connectivity index (χ4v) is 5.68. The van der Waals surface area contributed by atoms with Crippen molar-refractivity contribution in [1.82, 2.24) is 25.0 Å². The summed E-state index contributed by atoms with van der Waals surface area (Å²) in [5, 5.41) is 11.6. The van der Waals surface area contributed by atoms with E-state index in [0.29, 0.717) is 47.6 Å². The number of halogens is 4. The summed E-state index contributed by atoms with van der Waals surface area (Å²) < 4.78 is 47.8. The number of pyridine rings is 1. The van der Waals surface area contributed by atoms with E-state index in [2.05, 4.69) is 20.7 Å². The van der Waals surface area contributed by atoms with Crippen LogP contribution in [-0.4, -0.2) is 62.4 Å². The third-order valence-electron chi connectivity index (χ3n) is 7.48. The van der Waals surface area contributed by atoms with Gasteiger partial charge in [0.15, 0.2) is 0 Å². The SMILES string of the molecule is CC(C)(C)OC(=O)N1CCC(n2cc(C(=O)N[C@@H]3CCC[C@H](Nc4cc(C(F)(F)F)nc5ccc(Cl)cc45)C3)cn2)C1. The molecular weight excluding hydrogens is 573 g/mol. The monoisotopic (exact) mass is 606 g/mol. The quantitative estimate of drug-likeness (QED) is 0.347. The normalized spacial score (nSPS) is 21.4. The third kappa shape index (κ3) is 7.08. The maximum Gasteiger partial charge on any atom is 0.433 e. The lowest BCUT2D eigenvalue weighted by molar-refractivity contribution is -0.140. The predicted molar refractivity (Wildman–Crippen MR) is 153 cm³/mol. The average Bonchev–Trinajstić information content (AvgIpc) is 3.58. The average molecular weight is 607 g/mol. The number of carbonyl (C=O) groups is 2. The van der Waals surface area contributed by atoms with E-state index in [-0.39, 0.29) is 35.6 Å². The largest absolute Gasteiger partial charge is 0.444 e. The summed E-state index contributed by atoms with van der Waals surface area (Å²) in [6.07, 6.45) is 1.76. The molecule has 9 nitrogen and oxygen atoms in total. The minimum absolute atomic E-state index is 0.0624. The molecule has 1 aliphatic heterocycles. The van der Waals surface area contributed by atoms with Crippen molar-refractivity contribution in [1.29, 1.82) is 0 Å². The highest BCUT2D eigenvalue weighted by Gasteiger charge is 2.34. The van der Waals surface area contributed by atoms with Gasteiger partial charge in [-0.05, 0) is 77.1 Å². The molecule has 1 saturated heterocycles. The van der Waals surface area contributed by atoms with Crippen LogP contribution in [0, 0.1) is 0 Å². The molecule has 2 N–H and O–H groups in total. The number of benzene rings is 1. The van der Waals surface area contributed by atoms with E-state index >= 15 is 0 Å². The number of aromatic nitrogens is 3. The van der Waals surface area contributed by atoms with Crippen LogP contribution >= 0.6 is 11.6 Å². The van der Waals surface area contributed by atoms with Crippen molar-refractivity contribution in [2.24, 2.45) is 0 Å². The van der Waals surface area contributed by atoms with Gasteiger partial charge < -0.3 is 20.3 Å². The topological polar surface area (TPSA) is 101 Å². The van der Waals surface area contributed by atoms with Crippen LogP contribution in [0.1, 0.15) is 75.0 Å². The molecule has 1 aromatic carbocycles. The fraction of sp³-hybridized carbons (Fsp3) is 0.517. The van der Waals surface area contributed by atoms with E-state index in [0.717, 1.165) is 25.3 Å². The number of anilines is 1. The van der Waals surface area contributed by atoms with Gasteiger partial charge in [0.1, 0.15) is 11.3 Å². The molecule has 2 aromatic heterocycles. The molecule has 2 aliphatic rings. The molecular formula is C29H34ClF3N6O3. The minimum atomic E-state index is -4.59. The first kappa shape index (κ1) is 29.9. The first-order chi connectivity index (χ1) is 19.7. The zero-order valence-corrected chi connectivity index (χ0v) is 24.4. The number of carbonyl (C=O) groups excluding carboxylic acids is 2. The summed E-state index contributed by atoms with van der Waals surface area (Å²) >= 11 is 6.13. The zero-order valence-electron chi connectivity index (χ0n) is 23.7. The first-order valence-corrected chi connectivity index (χ1v) is 14.4. The van der Waals surface area contributed by atoms with Crippen LogP contribution in [0.2, 0.25) is 5.02 Å². The van der Waals surface area contributed by atoms with Crippen molar-refractivity contribution >= 4 is 40.2 Å². The molecule has 1 saturated carbocycles. The molecule has 3 heterocycles. The number of fused-ring (bicyclic) bond motifs is 1. The van der Waals surface area contributed by atoms with Gasteiger partial charge in [0.05, 0.1) is 23.3 Å². The summed E-state index contributed by atoms with van der Waals surface area (Å²) in [4.78, 5) is 30.9. The smallest absolute Gasteiger partial charge is 0.433 e. The van der Waals surface area contributed by atoms with Crippen LogP contribution in [0.5, 0.6) is 0 Å². The van der Waals surface area contributed by atoms with Crippen molar-refractivity contribution in [2.45, 2.75) is 82.8 Å². The van der Waals surface area contributed by atoms with E-state index < -0.39 is 17.5 Å². The lowest BCUT2D eigenvalue weighted by atomic mass is 9.90. The van der Waals surface area contributed by atoms with Crippen molar-refractivity contribution in [3.05, 3.63) is 52.9 Å². The Hall–Kier alpha value is -3.54. The van der Waals surface area contributed by atoms with Crippen LogP contribution in [0.25, 0.3) is 10.9 Å². The van der Waals surface area contributed by atoms with Crippen molar-refractivity contribution < 1.29 is 27.5 Å². The molecule has 3 atom stereocenters. The molecule has 1 aliphatic carbocycles. The third-order valence-corrected chi connectivity index (χ3v) is 7.72. The number of nitrogens with one attached hydrogen (secondary N) is 2. The molecule has 2 amide bonds. The molecule has 0 spiro atoms. The second-order valence-electron chi connectivity index (χ2n) is 12.0. The molecule has 3 aromatic rings. The van der Waals surface area contributed by atoms with Gasteiger partial charge in [-0.3, -0.25) is 9.48 Å². The molecule has 226 valence electrons. The van der Waals surface area contributed by atoms with Gasteiger partial charge in [-0.2, -0.15) is 18.3 Å². The Morgan fingerprint density at radius 1 is 1.10 bits per heavy atom. The molecule has 0 bridgehead atoms. The summed E-state index contributed by atoms with van der Waals surface area (Å²) in [6.45, 7) is 6.45. The number of ether oxygens (including phenoxy) is 1. The maximum atomic E-state index is 13.5. The molecule has 5 rings (SSSR count). The maximum absolute atomic E-state index is 13.5. The van der Waals surface area contributed by atoms with Gasteiger partial charge in [0, 0.05) is 47.5 Å². The number of amides is 2. The highest BCUT2D eigenvalue weighted by molar-refractivity contribution is 6.31. The molecule has 42 heavy (non-hydrogen) atoms. The lowest BCUT2D eigenvalue weighted by Crippen LogP contribution is -2.41. The Morgan fingerprint density at radius 2 is 1.86 bits per heavy atom. The first-order valence-electron chi connectivity index (χ1n) is 14.0. The molecule has 0 radical (unpaired) electrons. The lowest BCUT2D eigenvalue weighted by Gasteiger charge is -2.31. The van der Waals surface area contributed by atoms with Gasteiger partial charge in [0.25, 0.3) is 5.91 Å². The number of likely N-dealkylation sites (tertiary alicyclic amines) is 1. The number of nitrogens with zero attached hydrogens (tertiary/aromatic N) is 4. The Balaban J connectivity index is 1.21. The van der Waals surface area contributed by atoms with E-state index in [1.807, 2.05) is 20.8 Å². The van der Waals surface area contributed by atoms with E-state index in [4.69, 9.17) is 16.3 Å². The fourth-order valence-electron chi connectivity index (χ4n) is 5.51. The molecule has 2 fully saturated rings. The Morgan fingerprint density at radius 3 is 2.60 bits per heavy atom. The summed E-state index contributed by atoms with van der Waals surface area (Å²) in [7, 11) is 0. The number of alkyl halides is 3. The van der Waals surface area contributed by atoms with Crippen LogP contribution < -0.4 is 10.6 Å². The second kappa shape index (κ2) is 11.6. The standard InChI is InChI=1S/C29H34ClF3N6O3/c1-28(2,3)42-27(41)38-10-9-21(16-38)39-15-17(14-34-39)26(40)36-20-6-4-5-19(12-20)35-24-13-25(29(31,32)33)37-23-8-7-18(30)11-22(23)24/h7-8,11,13-15,19-21H,4-6,9-10,12,16H2,1-3H3,(H,35,37)(H,36,40)/t19-,20+,21?/m0/s1. The van der Waals surface area contributed by atoms with Crippen LogP contribution in [-0.2, 0) is 10.9 Å². The number of rotatable bonds is 5. The van der Waals surface area contributed by atoms with Crippen molar-refractivity contribution in [3.63, 3.8) is 0 Å². The van der Waals surface area contributed by atoms with Crippen LogP contribution in [0.4, 0.5) is 23.7 Å². The number of hydrogen-bond acceptors (Lipinski definition) is 6. The predicted octanol–water partition coefficient (Wildman–Crippen LogP) is 6.44. The van der Waals surface area contributed by atoms with Crippen molar-refractivity contribution in [3.8, 4) is 0 Å². The van der Waals surface area contributed by atoms with Gasteiger partial charge in [-0.1, -0.05) is 11.6 Å². The van der Waals surface area contributed by atoms with E-state index in [9.17, 15) is 22.8 Å². The summed E-state index contributed by atoms with van der Waals surface area (Å²) in [6, 6.07) is 5.22. The Bertz CT molecular complexity index is 1470. The van der Waals surface area contributed by atoms with Crippen LogP contribution in [0.15, 0.2) is 36.7 Å². The highest BCUT2D eigenvalue weighted by Crippen LogP contribution is 2.35. The zero-order chi connectivity index (χ0) is 30.2. The Labute approximate surface area is 246 Å². The number of hydrogen-bond donors (Lipinski definition) is 2. The van der Waals surface area contributed by atoms with E-state index in [1.165, 1.54) is 18.3 Å². The van der Waals surface area contributed by atoms with Crippen LogP contribution in [0.3, 0.4) is 0 Å². The van der Waals surface area contributed by atoms with Gasteiger partial charge in [-0.15, -0.1) is 0 Å². The summed E-state index contributed by atoms with van der Waals surface area (Å²) in [5.74, 6) is -0.269. The van der Waals surface area contributed by atoms with E-state index in [1.54, 1.807) is 21.8 Å². The molecule has 1 unspecified atom stereocenters. The highest BCUT2D eigenvalue weighted by atomic mass is 35.5. The second-order valence-corrected chi connectivity index (χ2v) is 12.4. The molecule has 13 heteroatoms. The van der Waals surface area contributed by atoms with Gasteiger partial charge in [0.2, 0.25) is 0 Å². The van der Waals surface area contributed by atoms with Gasteiger partial charge >= 0.3 is 12.3 Å².